The van der Waals surface area contributed by atoms with Gasteiger partial charge in [-0.3, -0.25) is 4.55 Å². The summed E-state index contributed by atoms with van der Waals surface area (Å²) in [5, 5.41) is 75.5. The monoisotopic (exact) mass is 708 g/mol. The number of aliphatic hydroxyl groups is 7. The third-order valence-electron chi connectivity index (χ3n) is 13.9. The molecule has 0 amide bonds. The summed E-state index contributed by atoms with van der Waals surface area (Å²) in [5.74, 6) is 0.796. The molecule has 0 spiro atoms. The molecular formula is C34H60O13S. The predicted octanol–water partition coefficient (Wildman–Crippen LogP) is 1.60. The van der Waals surface area contributed by atoms with Crippen LogP contribution in [0.15, 0.2) is 0 Å². The largest absolute Gasteiger partial charge is 0.399 e. The zero-order valence-electron chi connectivity index (χ0n) is 28.9. The molecule has 1 aliphatic heterocycles. The van der Waals surface area contributed by atoms with Crippen LogP contribution in [0, 0.1) is 58.2 Å². The van der Waals surface area contributed by atoms with E-state index >= 15 is 0 Å². The van der Waals surface area contributed by atoms with E-state index in [1.807, 2.05) is 0 Å². The van der Waals surface area contributed by atoms with Crippen LogP contribution in [0.5, 0.6) is 0 Å². The fourth-order valence-electron chi connectivity index (χ4n) is 11.4. The summed E-state index contributed by atoms with van der Waals surface area (Å²) in [4.78, 5) is 0. The summed E-state index contributed by atoms with van der Waals surface area (Å²) in [6, 6.07) is 0. The van der Waals surface area contributed by atoms with Crippen LogP contribution in [0.25, 0.3) is 0 Å². The lowest BCUT2D eigenvalue weighted by molar-refractivity contribution is -0.333. The van der Waals surface area contributed by atoms with Crippen molar-refractivity contribution in [1.82, 2.24) is 0 Å². The average Bonchev–Trinajstić information content (AvgIpc) is 3.20. The Hall–Kier alpha value is -0.490. The number of aliphatic hydroxyl groups excluding tert-OH is 7. The SMILES string of the molecule is CC(C)[C@@H](CCO[C@@H]1O[C@H](OS(=O)(=O)O)[C@@H](O)[C@H](O)[C@H]1O)CC[C@@H](C)[C@H]1[C@@H](O)[C@@H](O)C2C3C[C@H](O)C4C[C@@H](O)CC[C@]4(C)C3CC[C@@]21C. The first kappa shape index (κ1) is 38.7. The van der Waals surface area contributed by atoms with Crippen LogP contribution in [0.2, 0.25) is 0 Å². The van der Waals surface area contributed by atoms with Crippen molar-refractivity contribution < 1.29 is 62.4 Å². The maximum Gasteiger partial charge on any atom is 0.399 e. The van der Waals surface area contributed by atoms with Gasteiger partial charge in [0, 0.05) is 0 Å². The molecule has 0 radical (unpaired) electrons. The summed E-state index contributed by atoms with van der Waals surface area (Å²) in [5.41, 5.74) is -0.377. The van der Waals surface area contributed by atoms with E-state index in [1.54, 1.807) is 0 Å². The van der Waals surface area contributed by atoms with Crippen LogP contribution in [-0.4, -0.2) is 111 Å². The smallest absolute Gasteiger partial charge is 0.393 e. The maximum atomic E-state index is 11.7. The normalized spacial score (nSPS) is 49.2. The van der Waals surface area contributed by atoms with Crippen molar-refractivity contribution >= 4 is 10.4 Å². The van der Waals surface area contributed by atoms with E-state index < -0.39 is 59.6 Å². The molecule has 14 heteroatoms. The first-order valence-electron chi connectivity index (χ1n) is 18.0. The van der Waals surface area contributed by atoms with Gasteiger partial charge in [0.15, 0.2) is 6.29 Å². The van der Waals surface area contributed by atoms with E-state index in [0.717, 1.165) is 38.5 Å². The first-order chi connectivity index (χ1) is 22.3. The second-order valence-electron chi connectivity index (χ2n) is 16.8. The van der Waals surface area contributed by atoms with E-state index in [9.17, 15) is 44.2 Å². The Morgan fingerprint density at radius 2 is 1.42 bits per heavy atom. The topological polar surface area (TPSA) is 224 Å². The fraction of sp³-hybridized carbons (Fsp3) is 1.00. The third-order valence-corrected chi connectivity index (χ3v) is 14.3. The molecule has 4 saturated carbocycles. The molecule has 5 fully saturated rings. The summed E-state index contributed by atoms with van der Waals surface area (Å²) in [6.45, 7) is 10.9. The van der Waals surface area contributed by atoms with Gasteiger partial charge in [-0.2, -0.15) is 8.42 Å². The molecule has 0 aromatic heterocycles. The molecule has 280 valence electrons. The number of rotatable bonds is 11. The van der Waals surface area contributed by atoms with Crippen molar-refractivity contribution in [3.8, 4) is 0 Å². The Morgan fingerprint density at radius 3 is 2.06 bits per heavy atom. The molecule has 4 aliphatic carbocycles. The van der Waals surface area contributed by atoms with Gasteiger partial charge in [0.2, 0.25) is 6.29 Å². The lowest BCUT2D eigenvalue weighted by atomic mass is 9.43. The molecule has 0 bridgehead atoms. The number of ether oxygens (including phenoxy) is 2. The van der Waals surface area contributed by atoms with Gasteiger partial charge in [0.05, 0.1) is 31.0 Å². The number of hydrogen-bond acceptors (Lipinski definition) is 12. The average molecular weight is 709 g/mol. The molecule has 1 saturated heterocycles. The Morgan fingerprint density at radius 1 is 0.771 bits per heavy atom. The van der Waals surface area contributed by atoms with E-state index in [-0.39, 0.29) is 65.0 Å². The molecule has 4 unspecified atom stereocenters. The second kappa shape index (κ2) is 14.5. The van der Waals surface area contributed by atoms with E-state index in [2.05, 4.69) is 38.8 Å². The second-order valence-corrected chi connectivity index (χ2v) is 17.8. The predicted molar refractivity (Wildman–Crippen MR) is 172 cm³/mol. The zero-order valence-corrected chi connectivity index (χ0v) is 29.7. The fourth-order valence-corrected chi connectivity index (χ4v) is 11.7. The van der Waals surface area contributed by atoms with Gasteiger partial charge in [-0.25, -0.2) is 4.18 Å². The third kappa shape index (κ3) is 7.25. The Balaban J connectivity index is 1.21. The maximum absolute atomic E-state index is 11.7. The molecule has 13 nitrogen and oxygen atoms in total. The zero-order chi connectivity index (χ0) is 35.5. The van der Waals surface area contributed by atoms with Crippen molar-refractivity contribution in [1.29, 1.82) is 0 Å². The molecule has 0 aromatic rings. The quantitative estimate of drug-likeness (QED) is 0.143. The van der Waals surface area contributed by atoms with Gasteiger partial charge in [-0.1, -0.05) is 41.0 Å². The van der Waals surface area contributed by atoms with E-state index in [0.29, 0.717) is 25.2 Å². The minimum Gasteiger partial charge on any atom is -0.393 e. The van der Waals surface area contributed by atoms with Gasteiger partial charge < -0.3 is 45.2 Å². The van der Waals surface area contributed by atoms with Crippen LogP contribution in [0.4, 0.5) is 0 Å². The molecule has 0 aromatic carbocycles. The van der Waals surface area contributed by atoms with Crippen molar-refractivity contribution in [2.24, 2.45) is 58.2 Å². The highest BCUT2D eigenvalue weighted by molar-refractivity contribution is 7.80. The van der Waals surface area contributed by atoms with Crippen molar-refractivity contribution in [2.45, 2.75) is 148 Å². The van der Waals surface area contributed by atoms with Gasteiger partial charge in [-0.05, 0) is 110 Å². The van der Waals surface area contributed by atoms with Crippen LogP contribution in [0.1, 0.15) is 92.4 Å². The van der Waals surface area contributed by atoms with E-state index in [4.69, 9.17) is 14.0 Å². The molecule has 5 aliphatic rings. The Bertz CT molecular complexity index is 1200. The van der Waals surface area contributed by atoms with Crippen LogP contribution in [0.3, 0.4) is 0 Å². The van der Waals surface area contributed by atoms with Gasteiger partial charge in [0.1, 0.15) is 18.3 Å². The van der Waals surface area contributed by atoms with Gasteiger partial charge in [0.25, 0.3) is 0 Å². The van der Waals surface area contributed by atoms with E-state index in [1.165, 1.54) is 0 Å². The van der Waals surface area contributed by atoms with Crippen LogP contribution >= 0.6 is 0 Å². The summed E-state index contributed by atoms with van der Waals surface area (Å²) in [6.07, 6.45) is -4.69. The van der Waals surface area contributed by atoms with Crippen molar-refractivity contribution in [3.05, 3.63) is 0 Å². The molecule has 5 rings (SSSR count). The highest BCUT2D eigenvalue weighted by Gasteiger charge is 2.67. The van der Waals surface area contributed by atoms with Crippen LogP contribution in [-0.2, 0) is 24.1 Å². The molecule has 48 heavy (non-hydrogen) atoms. The molecule has 1 heterocycles. The number of fused-ring (bicyclic) bond motifs is 5. The highest BCUT2D eigenvalue weighted by Crippen LogP contribution is 2.68. The summed E-state index contributed by atoms with van der Waals surface area (Å²) < 4.78 is 46.4. The highest BCUT2D eigenvalue weighted by atomic mass is 32.3. The molecule has 8 N–H and O–H groups in total. The summed E-state index contributed by atoms with van der Waals surface area (Å²) in [7, 11) is -5.01. The lowest BCUT2D eigenvalue weighted by Crippen LogP contribution is -2.59. The number of hydrogen-bond donors (Lipinski definition) is 8. The minimum atomic E-state index is -5.01. The van der Waals surface area contributed by atoms with Crippen molar-refractivity contribution in [2.75, 3.05) is 6.61 Å². The molecular weight excluding hydrogens is 648 g/mol. The minimum absolute atomic E-state index is 0.0537. The Kier molecular flexibility index (Phi) is 11.7. The molecule has 18 atom stereocenters. The standard InChI is InChI=1S/C34H60O13S/c1-16(2)18(10-13-45-31-29(40)28(39)30(41)32(46-31)47-48(42,43)44)7-6-17(3)24-26(37)27(38)25-20-15-23(36)22-14-19(35)8-11-33(22,4)21(20)9-12-34(24,25)5/h16-32,35-41H,6-15H2,1-5H3,(H,42,43,44)/t17-,18-,19+,20?,21?,22?,23+,24+,25?,26-,27+,28-,29-,30+,31-,32-,33-,34-/m1/s1. The Labute approximate surface area is 284 Å². The van der Waals surface area contributed by atoms with Crippen LogP contribution < -0.4 is 0 Å². The van der Waals surface area contributed by atoms with Gasteiger partial charge >= 0.3 is 10.4 Å². The summed E-state index contributed by atoms with van der Waals surface area (Å²) >= 11 is 0. The van der Waals surface area contributed by atoms with Crippen molar-refractivity contribution in [3.63, 3.8) is 0 Å². The first-order valence-corrected chi connectivity index (χ1v) is 19.4. The lowest BCUT2D eigenvalue weighted by Gasteiger charge is -2.62. The van der Waals surface area contributed by atoms with Gasteiger partial charge in [-0.15, -0.1) is 0 Å².